The first-order valence-electron chi connectivity index (χ1n) is 5.14. The molecule has 1 aromatic carbocycles. The van der Waals surface area contributed by atoms with Crippen LogP contribution in [0, 0.1) is 6.92 Å². The number of hydrogen-bond donors (Lipinski definition) is 1. The van der Waals surface area contributed by atoms with Crippen molar-refractivity contribution in [1.29, 1.82) is 0 Å². The number of benzene rings is 1. The van der Waals surface area contributed by atoms with Gasteiger partial charge in [-0.1, -0.05) is 6.07 Å². The van der Waals surface area contributed by atoms with Gasteiger partial charge >= 0.3 is 0 Å². The molecule has 0 amide bonds. The predicted molar refractivity (Wildman–Crippen MR) is 67.3 cm³/mol. The molecular formula is C12H9N3OS. The molecule has 2 aromatic heterocycles. The van der Waals surface area contributed by atoms with Gasteiger partial charge in [0.2, 0.25) is 0 Å². The second-order valence-corrected chi connectivity index (χ2v) is 4.94. The summed E-state index contributed by atoms with van der Waals surface area (Å²) in [4.78, 5) is 23.3. The number of aryl methyl sites for hydroxylation is 1. The van der Waals surface area contributed by atoms with E-state index < -0.39 is 0 Å². The smallest absolute Gasteiger partial charge is 0.178 e. The standard InChI is InChI=1S/C12H9N3OS/c1-7-12(15-11(5-16)17-7)8-2-3-9-10(4-8)14-6-13-9/h2-6H,1H3,(H,13,14). The molecule has 17 heavy (non-hydrogen) atoms. The van der Waals surface area contributed by atoms with Crippen LogP contribution in [-0.4, -0.2) is 21.2 Å². The summed E-state index contributed by atoms with van der Waals surface area (Å²) in [5, 5.41) is 0.516. The zero-order valence-electron chi connectivity index (χ0n) is 9.10. The van der Waals surface area contributed by atoms with Crippen LogP contribution in [0.2, 0.25) is 0 Å². The van der Waals surface area contributed by atoms with Crippen molar-refractivity contribution in [3.05, 3.63) is 34.4 Å². The highest BCUT2D eigenvalue weighted by Gasteiger charge is 2.10. The number of nitrogens with one attached hydrogen (secondary N) is 1. The molecule has 0 fully saturated rings. The molecule has 0 unspecified atom stereocenters. The second kappa shape index (κ2) is 3.78. The third kappa shape index (κ3) is 1.64. The first-order valence-corrected chi connectivity index (χ1v) is 5.95. The van der Waals surface area contributed by atoms with Crippen molar-refractivity contribution in [2.24, 2.45) is 0 Å². The summed E-state index contributed by atoms with van der Waals surface area (Å²) in [6.07, 6.45) is 2.45. The topological polar surface area (TPSA) is 58.6 Å². The average Bonchev–Trinajstić information content (AvgIpc) is 2.93. The van der Waals surface area contributed by atoms with Crippen LogP contribution in [0.3, 0.4) is 0 Å². The number of thiazole rings is 1. The normalized spacial score (nSPS) is 10.9. The molecule has 3 rings (SSSR count). The van der Waals surface area contributed by atoms with Crippen molar-refractivity contribution in [3.63, 3.8) is 0 Å². The quantitative estimate of drug-likeness (QED) is 0.704. The van der Waals surface area contributed by atoms with Gasteiger partial charge in [-0.05, 0) is 19.1 Å². The van der Waals surface area contributed by atoms with Gasteiger partial charge in [-0.2, -0.15) is 0 Å². The van der Waals surface area contributed by atoms with E-state index in [0.29, 0.717) is 5.01 Å². The van der Waals surface area contributed by atoms with Crippen LogP contribution >= 0.6 is 11.3 Å². The number of aldehydes is 1. The van der Waals surface area contributed by atoms with Gasteiger partial charge in [-0.3, -0.25) is 4.79 Å². The van der Waals surface area contributed by atoms with Gasteiger partial charge in [0.15, 0.2) is 11.3 Å². The largest absolute Gasteiger partial charge is 0.345 e. The fourth-order valence-corrected chi connectivity index (χ4v) is 2.58. The molecular weight excluding hydrogens is 234 g/mol. The molecule has 5 heteroatoms. The lowest BCUT2D eigenvalue weighted by Gasteiger charge is -1.98. The van der Waals surface area contributed by atoms with E-state index in [4.69, 9.17) is 0 Å². The number of carbonyl (C=O) groups is 1. The summed E-state index contributed by atoms with van der Waals surface area (Å²) >= 11 is 1.41. The van der Waals surface area contributed by atoms with E-state index in [-0.39, 0.29) is 0 Å². The summed E-state index contributed by atoms with van der Waals surface area (Å²) in [6, 6.07) is 5.92. The van der Waals surface area contributed by atoms with Crippen molar-refractivity contribution < 1.29 is 4.79 Å². The zero-order chi connectivity index (χ0) is 11.8. The molecule has 2 heterocycles. The summed E-state index contributed by atoms with van der Waals surface area (Å²) in [5.41, 5.74) is 3.77. The number of hydrogen-bond acceptors (Lipinski definition) is 4. The molecule has 0 radical (unpaired) electrons. The van der Waals surface area contributed by atoms with E-state index in [9.17, 15) is 4.79 Å². The number of H-pyrrole nitrogens is 1. The Morgan fingerprint density at radius 1 is 1.41 bits per heavy atom. The van der Waals surface area contributed by atoms with E-state index in [1.165, 1.54) is 11.3 Å². The molecule has 84 valence electrons. The molecule has 0 spiro atoms. The van der Waals surface area contributed by atoms with Crippen molar-refractivity contribution in [3.8, 4) is 11.3 Å². The minimum absolute atomic E-state index is 0.516. The number of aromatic amines is 1. The lowest BCUT2D eigenvalue weighted by atomic mass is 10.1. The number of aromatic nitrogens is 3. The molecule has 1 N–H and O–H groups in total. The third-order valence-corrected chi connectivity index (χ3v) is 3.50. The van der Waals surface area contributed by atoms with Crippen molar-refractivity contribution in [2.75, 3.05) is 0 Å². The lowest BCUT2D eigenvalue weighted by molar-refractivity contribution is 0.112. The Morgan fingerprint density at radius 3 is 3.06 bits per heavy atom. The van der Waals surface area contributed by atoms with Gasteiger partial charge in [0, 0.05) is 10.4 Å². The van der Waals surface area contributed by atoms with Crippen molar-refractivity contribution >= 4 is 28.7 Å². The van der Waals surface area contributed by atoms with Gasteiger partial charge in [0.05, 0.1) is 23.1 Å². The van der Waals surface area contributed by atoms with E-state index in [1.54, 1.807) is 6.33 Å². The van der Waals surface area contributed by atoms with Crippen LogP contribution in [0.4, 0.5) is 0 Å². The van der Waals surface area contributed by atoms with Crippen LogP contribution in [-0.2, 0) is 0 Å². The summed E-state index contributed by atoms with van der Waals surface area (Å²) in [5.74, 6) is 0. The maximum absolute atomic E-state index is 10.7. The summed E-state index contributed by atoms with van der Waals surface area (Å²) < 4.78 is 0. The molecule has 0 aliphatic carbocycles. The monoisotopic (exact) mass is 243 g/mol. The Morgan fingerprint density at radius 2 is 2.29 bits per heavy atom. The Hall–Kier alpha value is -2.01. The van der Waals surface area contributed by atoms with Crippen LogP contribution in [0.1, 0.15) is 14.7 Å². The third-order valence-electron chi connectivity index (χ3n) is 2.61. The SMILES string of the molecule is Cc1sc(C=O)nc1-c1ccc2nc[nH]c2c1. The van der Waals surface area contributed by atoms with Crippen LogP contribution in [0.15, 0.2) is 24.5 Å². The van der Waals surface area contributed by atoms with E-state index in [2.05, 4.69) is 15.0 Å². The molecule has 0 saturated carbocycles. The first kappa shape index (κ1) is 10.2. The Labute approximate surface area is 101 Å². The van der Waals surface area contributed by atoms with E-state index in [0.717, 1.165) is 33.5 Å². The van der Waals surface area contributed by atoms with Crippen LogP contribution < -0.4 is 0 Å². The number of imidazole rings is 1. The molecule has 0 aliphatic heterocycles. The Kier molecular flexibility index (Phi) is 2.26. The molecule has 0 atom stereocenters. The van der Waals surface area contributed by atoms with Gasteiger partial charge in [-0.15, -0.1) is 11.3 Å². The maximum atomic E-state index is 10.7. The number of rotatable bonds is 2. The van der Waals surface area contributed by atoms with Crippen molar-refractivity contribution in [1.82, 2.24) is 15.0 Å². The molecule has 0 bridgehead atoms. The predicted octanol–water partition coefficient (Wildman–Crippen LogP) is 2.81. The van der Waals surface area contributed by atoms with Gasteiger partial charge in [0.25, 0.3) is 0 Å². The summed E-state index contributed by atoms with van der Waals surface area (Å²) in [7, 11) is 0. The first-order chi connectivity index (χ1) is 8.28. The number of carbonyl (C=O) groups excluding carboxylic acids is 1. The van der Waals surface area contributed by atoms with E-state index >= 15 is 0 Å². The molecule has 0 saturated heterocycles. The molecule has 3 aromatic rings. The van der Waals surface area contributed by atoms with E-state index in [1.807, 2.05) is 25.1 Å². The fourth-order valence-electron chi connectivity index (χ4n) is 1.82. The van der Waals surface area contributed by atoms with Crippen LogP contribution in [0.25, 0.3) is 22.3 Å². The number of nitrogens with zero attached hydrogens (tertiary/aromatic N) is 2. The molecule has 4 nitrogen and oxygen atoms in total. The van der Waals surface area contributed by atoms with Gasteiger partial charge < -0.3 is 4.98 Å². The second-order valence-electron chi connectivity index (χ2n) is 3.71. The minimum atomic E-state index is 0.516. The number of fused-ring (bicyclic) bond motifs is 1. The summed E-state index contributed by atoms with van der Waals surface area (Å²) in [6.45, 7) is 1.97. The average molecular weight is 243 g/mol. The Balaban J connectivity index is 2.18. The molecule has 0 aliphatic rings. The van der Waals surface area contributed by atoms with Gasteiger partial charge in [-0.25, -0.2) is 9.97 Å². The lowest BCUT2D eigenvalue weighted by Crippen LogP contribution is -1.82. The van der Waals surface area contributed by atoms with Crippen LogP contribution in [0.5, 0.6) is 0 Å². The highest BCUT2D eigenvalue weighted by Crippen LogP contribution is 2.28. The van der Waals surface area contributed by atoms with Gasteiger partial charge in [0.1, 0.15) is 0 Å². The zero-order valence-corrected chi connectivity index (χ0v) is 9.91. The van der Waals surface area contributed by atoms with Crippen molar-refractivity contribution in [2.45, 2.75) is 6.92 Å². The highest BCUT2D eigenvalue weighted by atomic mass is 32.1. The fraction of sp³-hybridized carbons (Fsp3) is 0.0833. The minimum Gasteiger partial charge on any atom is -0.345 e. The maximum Gasteiger partial charge on any atom is 0.178 e. The highest BCUT2D eigenvalue weighted by molar-refractivity contribution is 7.13. The Bertz CT molecular complexity index is 699.